The zero-order valence-corrected chi connectivity index (χ0v) is 14.7. The number of rotatable bonds is 5. The number of hydrogen-bond donors (Lipinski definition) is 3. The van der Waals surface area contributed by atoms with Crippen LogP contribution in [0.2, 0.25) is 0 Å². The van der Waals surface area contributed by atoms with E-state index in [1.54, 1.807) is 24.3 Å². The van der Waals surface area contributed by atoms with Crippen molar-refractivity contribution in [1.29, 1.82) is 0 Å². The van der Waals surface area contributed by atoms with Crippen molar-refractivity contribution in [3.63, 3.8) is 0 Å². The van der Waals surface area contributed by atoms with Crippen molar-refractivity contribution in [2.75, 3.05) is 17.3 Å². The number of anilines is 3. The molecule has 7 heteroatoms. The highest BCUT2D eigenvalue weighted by Gasteiger charge is 2.23. The second kappa shape index (κ2) is 6.67. The lowest BCUT2D eigenvalue weighted by Crippen LogP contribution is -2.30. The number of benzene rings is 1. The van der Waals surface area contributed by atoms with Gasteiger partial charge in [-0.05, 0) is 43.2 Å². The van der Waals surface area contributed by atoms with E-state index in [4.69, 9.17) is 10.7 Å². The lowest BCUT2D eigenvalue weighted by molar-refractivity contribution is 0.100. The molecule has 1 aliphatic rings. The van der Waals surface area contributed by atoms with Crippen LogP contribution < -0.4 is 16.0 Å². The second-order valence-corrected chi connectivity index (χ2v) is 6.73. The Kier molecular flexibility index (Phi) is 4.20. The Hall–Kier alpha value is -3.09. The van der Waals surface area contributed by atoms with Gasteiger partial charge in [-0.2, -0.15) is 9.97 Å². The number of primary amides is 1. The lowest BCUT2D eigenvalue weighted by atomic mass is 10.2. The van der Waals surface area contributed by atoms with Gasteiger partial charge in [0.2, 0.25) is 11.9 Å². The van der Waals surface area contributed by atoms with E-state index in [1.165, 1.54) is 25.7 Å². The molecular formula is C19H22N6O. The van der Waals surface area contributed by atoms with E-state index >= 15 is 0 Å². The first-order valence-corrected chi connectivity index (χ1v) is 8.86. The first kappa shape index (κ1) is 16.4. The first-order valence-electron chi connectivity index (χ1n) is 8.86. The van der Waals surface area contributed by atoms with Gasteiger partial charge >= 0.3 is 0 Å². The third-order valence-electron chi connectivity index (χ3n) is 5.03. The fourth-order valence-electron chi connectivity index (χ4n) is 3.56. The van der Waals surface area contributed by atoms with E-state index < -0.39 is 5.91 Å². The SMILES string of the molecule is CN(c1nc(Nc2ccc(C(N)=O)cc2)nc2[nH]ccc12)C1CCCC1. The minimum atomic E-state index is -0.443. The maximum Gasteiger partial charge on any atom is 0.248 e. The normalized spacial score (nSPS) is 14.7. The Morgan fingerprint density at radius 3 is 2.62 bits per heavy atom. The summed E-state index contributed by atoms with van der Waals surface area (Å²) in [6, 6.07) is 9.49. The third-order valence-corrected chi connectivity index (χ3v) is 5.03. The average Bonchev–Trinajstić information content (AvgIpc) is 3.32. The molecule has 1 fully saturated rings. The molecule has 134 valence electrons. The number of amides is 1. The van der Waals surface area contributed by atoms with E-state index in [0.29, 0.717) is 17.6 Å². The highest BCUT2D eigenvalue weighted by molar-refractivity contribution is 5.93. The quantitative estimate of drug-likeness (QED) is 0.656. The van der Waals surface area contributed by atoms with Gasteiger partial charge < -0.3 is 20.9 Å². The van der Waals surface area contributed by atoms with Gasteiger partial charge in [-0.25, -0.2) is 0 Å². The number of nitrogens with zero attached hydrogens (tertiary/aromatic N) is 3. The summed E-state index contributed by atoms with van der Waals surface area (Å²) < 4.78 is 0. The van der Waals surface area contributed by atoms with Crippen molar-refractivity contribution >= 4 is 34.4 Å². The molecule has 0 spiro atoms. The molecule has 1 amide bonds. The van der Waals surface area contributed by atoms with Crippen LogP contribution in [0.15, 0.2) is 36.5 Å². The van der Waals surface area contributed by atoms with Crippen LogP contribution in [-0.4, -0.2) is 33.9 Å². The number of carbonyl (C=O) groups excluding carboxylic acids is 1. The van der Waals surface area contributed by atoms with Crippen LogP contribution in [-0.2, 0) is 0 Å². The number of aromatic amines is 1. The summed E-state index contributed by atoms with van der Waals surface area (Å²) in [5, 5.41) is 4.24. The molecule has 1 aromatic carbocycles. The van der Waals surface area contributed by atoms with Gasteiger partial charge in [0, 0.05) is 30.5 Å². The summed E-state index contributed by atoms with van der Waals surface area (Å²) in [7, 11) is 2.11. The summed E-state index contributed by atoms with van der Waals surface area (Å²) >= 11 is 0. The van der Waals surface area contributed by atoms with Gasteiger partial charge in [-0.1, -0.05) is 12.8 Å². The lowest BCUT2D eigenvalue weighted by Gasteiger charge is -2.26. The number of H-pyrrole nitrogens is 1. The molecule has 3 aromatic rings. The molecule has 26 heavy (non-hydrogen) atoms. The average molecular weight is 350 g/mol. The van der Waals surface area contributed by atoms with Crippen LogP contribution in [0.1, 0.15) is 36.0 Å². The Morgan fingerprint density at radius 2 is 1.92 bits per heavy atom. The van der Waals surface area contributed by atoms with Gasteiger partial charge in [0.1, 0.15) is 11.5 Å². The number of fused-ring (bicyclic) bond motifs is 1. The number of nitrogens with one attached hydrogen (secondary N) is 2. The molecule has 4 N–H and O–H groups in total. The number of aromatic nitrogens is 3. The van der Waals surface area contributed by atoms with Crippen molar-refractivity contribution in [2.45, 2.75) is 31.7 Å². The van der Waals surface area contributed by atoms with Gasteiger partial charge in [-0.15, -0.1) is 0 Å². The maximum atomic E-state index is 11.2. The highest BCUT2D eigenvalue weighted by atomic mass is 16.1. The minimum absolute atomic E-state index is 0.443. The zero-order chi connectivity index (χ0) is 18.1. The molecule has 1 saturated carbocycles. The Morgan fingerprint density at radius 1 is 1.19 bits per heavy atom. The van der Waals surface area contributed by atoms with Crippen LogP contribution in [0.25, 0.3) is 11.0 Å². The molecule has 4 rings (SSSR count). The molecule has 0 unspecified atom stereocenters. The molecular weight excluding hydrogens is 328 g/mol. The van der Waals surface area contributed by atoms with Crippen molar-refractivity contribution in [3.8, 4) is 0 Å². The van der Waals surface area contributed by atoms with E-state index in [0.717, 1.165) is 22.5 Å². The Balaban J connectivity index is 1.66. The predicted octanol–water partition coefficient (Wildman–Crippen LogP) is 3.18. The van der Waals surface area contributed by atoms with Crippen molar-refractivity contribution in [1.82, 2.24) is 15.0 Å². The summed E-state index contributed by atoms with van der Waals surface area (Å²) in [5.74, 6) is 1.01. The van der Waals surface area contributed by atoms with Crippen LogP contribution in [0.3, 0.4) is 0 Å². The molecule has 0 bridgehead atoms. The molecule has 1 aliphatic carbocycles. The third kappa shape index (κ3) is 3.08. The number of carbonyl (C=O) groups is 1. The number of nitrogens with two attached hydrogens (primary N) is 1. The van der Waals surface area contributed by atoms with E-state index in [-0.39, 0.29) is 0 Å². The van der Waals surface area contributed by atoms with Gasteiger partial charge in [0.15, 0.2) is 0 Å². The van der Waals surface area contributed by atoms with Gasteiger partial charge in [0.05, 0.1) is 5.39 Å². The van der Waals surface area contributed by atoms with E-state index in [9.17, 15) is 4.79 Å². The minimum Gasteiger partial charge on any atom is -0.366 e. The second-order valence-electron chi connectivity index (χ2n) is 6.73. The highest BCUT2D eigenvalue weighted by Crippen LogP contribution is 2.31. The first-order chi connectivity index (χ1) is 12.6. The topological polar surface area (TPSA) is 99.9 Å². The Labute approximate surface area is 151 Å². The molecule has 2 aromatic heterocycles. The molecule has 0 radical (unpaired) electrons. The van der Waals surface area contributed by atoms with Crippen LogP contribution in [0, 0.1) is 0 Å². The molecule has 0 aliphatic heterocycles. The maximum absolute atomic E-state index is 11.2. The smallest absolute Gasteiger partial charge is 0.248 e. The molecule has 7 nitrogen and oxygen atoms in total. The monoisotopic (exact) mass is 350 g/mol. The van der Waals surface area contributed by atoms with Crippen molar-refractivity contribution in [3.05, 3.63) is 42.1 Å². The summed E-state index contributed by atoms with van der Waals surface area (Å²) in [6.45, 7) is 0. The standard InChI is InChI=1S/C19H22N6O/c1-25(14-4-2-3-5-14)18-15-10-11-21-17(15)23-19(24-18)22-13-8-6-12(7-9-13)16(20)26/h6-11,14H,2-5H2,1H3,(H2,20,26)(H2,21,22,23,24). The predicted molar refractivity (Wildman–Crippen MR) is 103 cm³/mol. The largest absolute Gasteiger partial charge is 0.366 e. The molecule has 2 heterocycles. The zero-order valence-electron chi connectivity index (χ0n) is 14.7. The van der Waals surface area contributed by atoms with Gasteiger partial charge in [0.25, 0.3) is 0 Å². The van der Waals surface area contributed by atoms with Crippen molar-refractivity contribution < 1.29 is 4.79 Å². The Bertz CT molecular complexity index is 927. The molecule has 0 saturated heterocycles. The van der Waals surface area contributed by atoms with Crippen LogP contribution in [0.5, 0.6) is 0 Å². The summed E-state index contributed by atoms with van der Waals surface area (Å²) in [4.78, 5) is 26.0. The fourth-order valence-corrected chi connectivity index (χ4v) is 3.56. The number of hydrogen-bond acceptors (Lipinski definition) is 5. The molecule has 0 atom stereocenters. The summed E-state index contributed by atoms with van der Waals surface area (Å²) in [6.07, 6.45) is 6.83. The van der Waals surface area contributed by atoms with E-state index in [2.05, 4.69) is 27.2 Å². The summed E-state index contributed by atoms with van der Waals surface area (Å²) in [5.41, 5.74) is 7.36. The van der Waals surface area contributed by atoms with Crippen LogP contribution >= 0.6 is 0 Å². The van der Waals surface area contributed by atoms with E-state index in [1.807, 2.05) is 12.3 Å². The van der Waals surface area contributed by atoms with Gasteiger partial charge in [-0.3, -0.25) is 4.79 Å². The van der Waals surface area contributed by atoms with Crippen LogP contribution in [0.4, 0.5) is 17.5 Å². The fraction of sp³-hybridized carbons (Fsp3) is 0.316. The van der Waals surface area contributed by atoms with Crippen molar-refractivity contribution in [2.24, 2.45) is 5.73 Å².